The zero-order chi connectivity index (χ0) is 14.5. The van der Waals surface area contributed by atoms with E-state index in [1.54, 1.807) is 12.1 Å². The number of para-hydroxylation sites is 2. The van der Waals surface area contributed by atoms with Gasteiger partial charge < -0.3 is 15.4 Å². The number of carbonyl (C=O) groups is 1. The second kappa shape index (κ2) is 6.33. The fraction of sp³-hybridized carbons (Fsp3) is 0.462. The van der Waals surface area contributed by atoms with Gasteiger partial charge in [-0.2, -0.15) is 0 Å². The monoisotopic (exact) mass is 279 g/mol. The second-order valence-corrected chi connectivity index (χ2v) is 4.71. The first-order valence-electron chi connectivity index (χ1n) is 6.50. The fourth-order valence-electron chi connectivity index (χ4n) is 2.19. The van der Waals surface area contributed by atoms with Crippen LogP contribution in [0.4, 0.5) is 16.2 Å². The van der Waals surface area contributed by atoms with E-state index in [-0.39, 0.29) is 23.5 Å². The minimum Gasteiger partial charge on any atom is -0.376 e. The second-order valence-electron chi connectivity index (χ2n) is 4.71. The molecule has 0 aromatic heterocycles. The topological polar surface area (TPSA) is 93.5 Å². The number of nitrogens with one attached hydrogen (secondary N) is 2. The molecule has 1 aliphatic rings. The van der Waals surface area contributed by atoms with Crippen LogP contribution >= 0.6 is 0 Å². The number of anilines is 1. The first-order chi connectivity index (χ1) is 9.58. The normalized spacial score (nSPS) is 19.4. The van der Waals surface area contributed by atoms with Crippen molar-refractivity contribution >= 4 is 17.4 Å². The predicted octanol–water partition coefficient (Wildman–Crippen LogP) is 2.28. The molecule has 1 fully saturated rings. The van der Waals surface area contributed by atoms with Crippen molar-refractivity contribution in [3.63, 3.8) is 0 Å². The van der Waals surface area contributed by atoms with Crippen LogP contribution < -0.4 is 10.6 Å². The lowest BCUT2D eigenvalue weighted by molar-refractivity contribution is -0.383. The average Bonchev–Trinajstić information content (AvgIpc) is 2.92. The van der Waals surface area contributed by atoms with Gasteiger partial charge in [0.05, 0.1) is 17.1 Å². The Balaban J connectivity index is 1.96. The van der Waals surface area contributed by atoms with E-state index in [0.717, 1.165) is 12.8 Å². The van der Waals surface area contributed by atoms with E-state index in [1.165, 1.54) is 12.1 Å². The van der Waals surface area contributed by atoms with E-state index in [2.05, 4.69) is 10.6 Å². The van der Waals surface area contributed by atoms with Gasteiger partial charge in [-0.05, 0) is 25.8 Å². The third-order valence-electron chi connectivity index (χ3n) is 3.23. The predicted molar refractivity (Wildman–Crippen MR) is 73.7 cm³/mol. The molecule has 2 atom stereocenters. The Morgan fingerprint density at radius 3 is 2.90 bits per heavy atom. The molecule has 0 saturated carbocycles. The van der Waals surface area contributed by atoms with Crippen LogP contribution in [-0.4, -0.2) is 29.7 Å². The molecule has 2 rings (SSSR count). The summed E-state index contributed by atoms with van der Waals surface area (Å²) in [4.78, 5) is 22.2. The molecule has 0 aliphatic carbocycles. The number of nitro groups is 1. The number of ether oxygens (including phenoxy) is 1. The number of hydrogen-bond acceptors (Lipinski definition) is 4. The Bertz CT molecular complexity index is 500. The van der Waals surface area contributed by atoms with Gasteiger partial charge >= 0.3 is 6.03 Å². The summed E-state index contributed by atoms with van der Waals surface area (Å²) in [5, 5.41) is 16.1. The molecule has 7 nitrogen and oxygen atoms in total. The molecule has 1 heterocycles. The molecule has 2 amide bonds. The van der Waals surface area contributed by atoms with Crippen molar-refractivity contribution in [3.8, 4) is 0 Å². The molecule has 1 aliphatic heterocycles. The van der Waals surface area contributed by atoms with Crippen molar-refractivity contribution in [3.05, 3.63) is 34.4 Å². The quantitative estimate of drug-likeness (QED) is 0.653. The van der Waals surface area contributed by atoms with Gasteiger partial charge in [0.2, 0.25) is 0 Å². The van der Waals surface area contributed by atoms with Crippen molar-refractivity contribution in [1.82, 2.24) is 5.32 Å². The zero-order valence-corrected chi connectivity index (χ0v) is 11.2. The maximum absolute atomic E-state index is 11.9. The van der Waals surface area contributed by atoms with E-state index in [9.17, 15) is 14.9 Å². The highest BCUT2D eigenvalue weighted by Crippen LogP contribution is 2.23. The van der Waals surface area contributed by atoms with Gasteiger partial charge in [-0.3, -0.25) is 10.1 Å². The van der Waals surface area contributed by atoms with E-state index in [4.69, 9.17) is 4.74 Å². The lowest BCUT2D eigenvalue weighted by Gasteiger charge is -2.20. The molecule has 108 valence electrons. The molecule has 1 aromatic rings. The number of rotatable bonds is 4. The van der Waals surface area contributed by atoms with Crippen molar-refractivity contribution in [2.75, 3.05) is 11.9 Å². The van der Waals surface area contributed by atoms with Crippen LogP contribution in [0.25, 0.3) is 0 Å². The highest BCUT2D eigenvalue weighted by atomic mass is 16.6. The van der Waals surface area contributed by atoms with Gasteiger partial charge in [0.1, 0.15) is 5.69 Å². The highest BCUT2D eigenvalue weighted by molar-refractivity contribution is 5.91. The van der Waals surface area contributed by atoms with Gasteiger partial charge in [0, 0.05) is 12.7 Å². The standard InChI is InChI=1S/C13H17N3O4/c1-9(12-7-4-8-20-12)14-13(17)15-10-5-2-3-6-11(10)16(18)19/h2-3,5-6,9,12H,4,7-8H2,1H3,(H2,14,15,17). The van der Waals surface area contributed by atoms with E-state index >= 15 is 0 Å². The van der Waals surface area contributed by atoms with Crippen molar-refractivity contribution in [1.29, 1.82) is 0 Å². The van der Waals surface area contributed by atoms with Crippen molar-refractivity contribution in [2.45, 2.75) is 31.9 Å². The van der Waals surface area contributed by atoms with Gasteiger partial charge in [0.25, 0.3) is 5.69 Å². The molecule has 1 aromatic carbocycles. The molecule has 7 heteroatoms. The van der Waals surface area contributed by atoms with E-state index < -0.39 is 11.0 Å². The number of carbonyl (C=O) groups excluding carboxylic acids is 1. The first kappa shape index (κ1) is 14.3. The Kier molecular flexibility index (Phi) is 4.52. The zero-order valence-electron chi connectivity index (χ0n) is 11.2. The summed E-state index contributed by atoms with van der Waals surface area (Å²) in [5.41, 5.74) is 0.0435. The number of hydrogen-bond donors (Lipinski definition) is 2. The van der Waals surface area contributed by atoms with Gasteiger partial charge in [-0.15, -0.1) is 0 Å². The van der Waals surface area contributed by atoms with Crippen LogP contribution in [-0.2, 0) is 4.74 Å². The summed E-state index contributed by atoms with van der Waals surface area (Å²) in [7, 11) is 0. The molecule has 0 radical (unpaired) electrons. The summed E-state index contributed by atoms with van der Waals surface area (Å²) in [6, 6.07) is 5.41. The lowest BCUT2D eigenvalue weighted by Crippen LogP contribution is -2.43. The minimum atomic E-state index is -0.529. The molecular formula is C13H17N3O4. The Morgan fingerprint density at radius 1 is 1.50 bits per heavy atom. The summed E-state index contributed by atoms with van der Waals surface area (Å²) in [6.07, 6.45) is 1.90. The Hall–Kier alpha value is -2.15. The van der Waals surface area contributed by atoms with Crippen molar-refractivity contribution < 1.29 is 14.5 Å². The Morgan fingerprint density at radius 2 is 2.25 bits per heavy atom. The average molecular weight is 279 g/mol. The van der Waals surface area contributed by atoms with Crippen LogP contribution in [0.15, 0.2) is 24.3 Å². The number of urea groups is 1. The van der Waals surface area contributed by atoms with Gasteiger partial charge in [0.15, 0.2) is 0 Å². The molecule has 20 heavy (non-hydrogen) atoms. The summed E-state index contributed by atoms with van der Waals surface area (Å²) in [6.45, 7) is 2.57. The summed E-state index contributed by atoms with van der Waals surface area (Å²) < 4.78 is 5.48. The minimum absolute atomic E-state index is 0.00603. The summed E-state index contributed by atoms with van der Waals surface area (Å²) >= 11 is 0. The molecular weight excluding hydrogens is 262 g/mol. The van der Waals surface area contributed by atoms with Gasteiger partial charge in [-0.1, -0.05) is 12.1 Å². The van der Waals surface area contributed by atoms with Crippen LogP contribution in [0.3, 0.4) is 0 Å². The third kappa shape index (κ3) is 3.45. The maximum atomic E-state index is 11.9. The highest BCUT2D eigenvalue weighted by Gasteiger charge is 2.24. The van der Waals surface area contributed by atoms with E-state index in [1.807, 2.05) is 6.92 Å². The van der Waals surface area contributed by atoms with Gasteiger partial charge in [-0.25, -0.2) is 4.79 Å². The van der Waals surface area contributed by atoms with Crippen LogP contribution in [0.5, 0.6) is 0 Å². The maximum Gasteiger partial charge on any atom is 0.319 e. The molecule has 0 spiro atoms. The molecule has 2 unspecified atom stereocenters. The molecule has 1 saturated heterocycles. The van der Waals surface area contributed by atoms with E-state index in [0.29, 0.717) is 6.61 Å². The first-order valence-corrected chi connectivity index (χ1v) is 6.50. The number of nitro benzene ring substituents is 1. The molecule has 2 N–H and O–H groups in total. The van der Waals surface area contributed by atoms with Crippen LogP contribution in [0, 0.1) is 10.1 Å². The smallest absolute Gasteiger partial charge is 0.319 e. The third-order valence-corrected chi connectivity index (χ3v) is 3.23. The van der Waals surface area contributed by atoms with Crippen molar-refractivity contribution in [2.24, 2.45) is 0 Å². The van der Waals surface area contributed by atoms with Crippen LogP contribution in [0.2, 0.25) is 0 Å². The van der Waals surface area contributed by atoms with Crippen LogP contribution in [0.1, 0.15) is 19.8 Å². The SMILES string of the molecule is CC(NC(=O)Nc1ccccc1[N+](=O)[O-])C1CCCO1. The number of amides is 2. The number of benzene rings is 1. The molecule has 0 bridgehead atoms. The lowest BCUT2D eigenvalue weighted by atomic mass is 10.1. The Labute approximate surface area is 116 Å². The largest absolute Gasteiger partial charge is 0.376 e. The number of nitrogens with zero attached hydrogens (tertiary/aromatic N) is 1. The summed E-state index contributed by atoms with van der Waals surface area (Å²) in [5.74, 6) is 0. The fourth-order valence-corrected chi connectivity index (χ4v) is 2.19.